The maximum absolute atomic E-state index is 3.50. The first kappa shape index (κ1) is 28.3. The molecule has 0 amide bonds. The van der Waals surface area contributed by atoms with Gasteiger partial charge in [0, 0.05) is 24.8 Å². The largest absolute Gasteiger partial charge is 0.0978 e. The number of benzene rings is 4. The van der Waals surface area contributed by atoms with Gasteiger partial charge in [-0.2, -0.15) is 0 Å². The van der Waals surface area contributed by atoms with Crippen molar-refractivity contribution in [1.29, 1.82) is 0 Å². The second kappa shape index (κ2) is 17.0. The maximum atomic E-state index is 3.50. The molecule has 0 saturated heterocycles. The van der Waals surface area contributed by atoms with Crippen LogP contribution in [0.5, 0.6) is 0 Å². The molecule has 0 atom stereocenters. The molecule has 0 saturated carbocycles. The Labute approximate surface area is 241 Å². The molecule has 0 aliphatic rings. The van der Waals surface area contributed by atoms with E-state index in [-0.39, 0.29) is 0 Å². The van der Waals surface area contributed by atoms with Gasteiger partial charge in [-0.05, 0) is 54.4 Å². The molecular weight excluding hydrogens is 480 g/mol. The molecule has 0 N–H and O–H groups in total. The highest BCUT2D eigenvalue weighted by molar-refractivity contribution is 5.54. The van der Waals surface area contributed by atoms with Gasteiger partial charge >= 0.3 is 0 Å². The van der Waals surface area contributed by atoms with Crippen LogP contribution < -0.4 is 0 Å². The fourth-order valence-corrected chi connectivity index (χ4v) is 4.37. The first-order chi connectivity index (χ1) is 19.9. The van der Waals surface area contributed by atoms with Gasteiger partial charge in [0.1, 0.15) is 0 Å². The molecule has 4 aromatic rings. The van der Waals surface area contributed by atoms with E-state index < -0.39 is 0 Å². The standard InChI is InChI=1S/C40H36/c1-5-19-35(20-6-1)27-13-16-30-39(31-17-14-28-36-21-7-2-8-22-36)40(34-33-38-25-11-4-12-26-38)32-18-15-29-37-23-9-3-10-24-37/h1-12,19-26H,13-15,27-29,33-34H2. The van der Waals surface area contributed by atoms with E-state index in [9.17, 15) is 0 Å². The number of hydrogen-bond acceptors (Lipinski definition) is 0. The van der Waals surface area contributed by atoms with Gasteiger partial charge in [0.15, 0.2) is 0 Å². The summed E-state index contributed by atoms with van der Waals surface area (Å²) < 4.78 is 0. The molecular formula is C40H36. The highest BCUT2D eigenvalue weighted by Crippen LogP contribution is 2.14. The Morgan fingerprint density at radius 2 is 0.700 bits per heavy atom. The van der Waals surface area contributed by atoms with Crippen LogP contribution in [-0.2, 0) is 25.7 Å². The zero-order valence-corrected chi connectivity index (χ0v) is 23.2. The Balaban J connectivity index is 1.56. The molecule has 196 valence electrons. The van der Waals surface area contributed by atoms with Gasteiger partial charge in [0.25, 0.3) is 0 Å². The van der Waals surface area contributed by atoms with Crippen LogP contribution in [0.15, 0.2) is 132 Å². The minimum atomic E-state index is 0.798. The molecule has 0 heterocycles. The Morgan fingerprint density at radius 3 is 1.07 bits per heavy atom. The maximum Gasteiger partial charge on any atom is 0.0859 e. The Morgan fingerprint density at radius 1 is 0.375 bits per heavy atom. The smallest absolute Gasteiger partial charge is 0.0859 e. The average Bonchev–Trinajstić information content (AvgIpc) is 3.02. The van der Waals surface area contributed by atoms with Crippen LogP contribution in [0.2, 0.25) is 0 Å². The summed E-state index contributed by atoms with van der Waals surface area (Å²) in [4.78, 5) is 0. The van der Waals surface area contributed by atoms with Crippen LogP contribution in [0.4, 0.5) is 0 Å². The molecule has 40 heavy (non-hydrogen) atoms. The normalized spacial score (nSPS) is 9.70. The van der Waals surface area contributed by atoms with Gasteiger partial charge in [-0.25, -0.2) is 0 Å². The number of hydrogen-bond donors (Lipinski definition) is 0. The zero-order chi connectivity index (χ0) is 27.5. The van der Waals surface area contributed by atoms with E-state index in [1.165, 1.54) is 22.3 Å². The van der Waals surface area contributed by atoms with E-state index in [1.54, 1.807) is 0 Å². The number of allylic oxidation sites excluding steroid dienone is 2. The molecule has 0 radical (unpaired) electrons. The molecule has 0 nitrogen and oxygen atoms in total. The van der Waals surface area contributed by atoms with Gasteiger partial charge in [-0.3, -0.25) is 0 Å². The van der Waals surface area contributed by atoms with Crippen molar-refractivity contribution in [3.63, 3.8) is 0 Å². The third-order valence-electron chi connectivity index (χ3n) is 6.62. The summed E-state index contributed by atoms with van der Waals surface area (Å²) in [6, 6.07) is 42.2. The molecule has 0 bridgehead atoms. The van der Waals surface area contributed by atoms with Crippen LogP contribution in [0, 0.1) is 35.5 Å². The fraction of sp³-hybridized carbons (Fsp3) is 0.200. The second-order valence-electron chi connectivity index (χ2n) is 9.70. The first-order valence-corrected chi connectivity index (χ1v) is 14.2. The molecule has 0 aromatic heterocycles. The average molecular weight is 517 g/mol. The lowest BCUT2D eigenvalue weighted by Crippen LogP contribution is -1.93. The molecule has 0 spiro atoms. The lowest BCUT2D eigenvalue weighted by molar-refractivity contribution is 0.966. The van der Waals surface area contributed by atoms with Crippen molar-refractivity contribution in [2.24, 2.45) is 0 Å². The summed E-state index contributed by atoms with van der Waals surface area (Å²) in [6.45, 7) is 0. The Bertz CT molecular complexity index is 1450. The third-order valence-corrected chi connectivity index (χ3v) is 6.62. The summed E-state index contributed by atoms with van der Waals surface area (Å²) in [5.41, 5.74) is 7.16. The Kier molecular flexibility index (Phi) is 12.0. The summed E-state index contributed by atoms with van der Waals surface area (Å²) >= 11 is 0. The highest BCUT2D eigenvalue weighted by atomic mass is 14.1. The third kappa shape index (κ3) is 10.6. The van der Waals surface area contributed by atoms with Crippen molar-refractivity contribution in [2.75, 3.05) is 0 Å². The quantitative estimate of drug-likeness (QED) is 0.195. The van der Waals surface area contributed by atoms with Gasteiger partial charge in [0.05, 0.1) is 5.57 Å². The minimum Gasteiger partial charge on any atom is -0.0978 e. The number of rotatable bonds is 9. The molecule has 0 fully saturated rings. The fourth-order valence-electron chi connectivity index (χ4n) is 4.37. The van der Waals surface area contributed by atoms with E-state index in [1.807, 2.05) is 0 Å². The van der Waals surface area contributed by atoms with Gasteiger partial charge in [-0.1, -0.05) is 157 Å². The van der Waals surface area contributed by atoms with Crippen LogP contribution in [0.3, 0.4) is 0 Å². The van der Waals surface area contributed by atoms with E-state index in [0.29, 0.717) is 0 Å². The van der Waals surface area contributed by atoms with E-state index >= 15 is 0 Å². The highest BCUT2D eigenvalue weighted by Gasteiger charge is 2.03. The Hall–Kier alpha value is -4.70. The molecule has 4 rings (SSSR count). The molecule has 0 unspecified atom stereocenters. The van der Waals surface area contributed by atoms with Gasteiger partial charge in [0.2, 0.25) is 0 Å². The van der Waals surface area contributed by atoms with Crippen molar-refractivity contribution in [3.05, 3.63) is 155 Å². The summed E-state index contributed by atoms with van der Waals surface area (Å²) in [5, 5.41) is 0. The first-order valence-electron chi connectivity index (χ1n) is 14.2. The molecule has 0 aliphatic heterocycles. The van der Waals surface area contributed by atoms with Gasteiger partial charge in [-0.15, -0.1) is 0 Å². The van der Waals surface area contributed by atoms with Crippen molar-refractivity contribution in [1.82, 2.24) is 0 Å². The van der Waals surface area contributed by atoms with Crippen molar-refractivity contribution >= 4 is 0 Å². The second-order valence-corrected chi connectivity index (χ2v) is 9.70. The van der Waals surface area contributed by atoms with Gasteiger partial charge < -0.3 is 0 Å². The number of aryl methyl sites for hydroxylation is 4. The predicted octanol–water partition coefficient (Wildman–Crippen LogP) is 8.82. The van der Waals surface area contributed by atoms with Crippen LogP contribution in [-0.4, -0.2) is 0 Å². The summed E-state index contributed by atoms with van der Waals surface area (Å²) in [5.74, 6) is 20.6. The van der Waals surface area contributed by atoms with Crippen molar-refractivity contribution < 1.29 is 0 Å². The molecule has 4 aromatic carbocycles. The van der Waals surface area contributed by atoms with Crippen LogP contribution >= 0.6 is 0 Å². The van der Waals surface area contributed by atoms with Crippen molar-refractivity contribution in [2.45, 2.75) is 51.4 Å². The molecule has 0 heteroatoms. The summed E-state index contributed by atoms with van der Waals surface area (Å²) in [7, 11) is 0. The lowest BCUT2D eigenvalue weighted by Gasteiger charge is -2.03. The van der Waals surface area contributed by atoms with Crippen LogP contribution in [0.1, 0.15) is 47.9 Å². The molecule has 0 aliphatic carbocycles. The van der Waals surface area contributed by atoms with Crippen LogP contribution in [0.25, 0.3) is 0 Å². The van der Waals surface area contributed by atoms with E-state index in [0.717, 1.165) is 62.5 Å². The van der Waals surface area contributed by atoms with E-state index in [4.69, 9.17) is 0 Å². The zero-order valence-electron chi connectivity index (χ0n) is 23.2. The van der Waals surface area contributed by atoms with Crippen molar-refractivity contribution in [3.8, 4) is 35.5 Å². The predicted molar refractivity (Wildman–Crippen MR) is 169 cm³/mol. The monoisotopic (exact) mass is 516 g/mol. The minimum absolute atomic E-state index is 0.798. The SMILES string of the molecule is C(#CC(C#CCCc1ccccc1)=C(C#CCCc1ccccc1)CCc1ccccc1)CCc1ccccc1. The van der Waals surface area contributed by atoms with E-state index in [2.05, 4.69) is 157 Å². The summed E-state index contributed by atoms with van der Waals surface area (Å²) in [6.07, 6.45) is 6.98. The lowest BCUT2D eigenvalue weighted by atomic mass is 9.99. The topological polar surface area (TPSA) is 0 Å².